The molecule has 0 aromatic heterocycles. The number of carbonyl (C=O) groups is 2. The van der Waals surface area contributed by atoms with E-state index in [0.717, 1.165) is 49.4 Å². The van der Waals surface area contributed by atoms with E-state index < -0.39 is 0 Å². The maximum Gasteiger partial charge on any atom is 0.241 e. The Labute approximate surface area is 147 Å². The first-order valence-corrected chi connectivity index (χ1v) is 9.53. The lowest BCUT2D eigenvalue weighted by Crippen LogP contribution is -2.52. The van der Waals surface area contributed by atoms with Gasteiger partial charge in [0.2, 0.25) is 11.8 Å². The smallest absolute Gasteiger partial charge is 0.241 e. The summed E-state index contributed by atoms with van der Waals surface area (Å²) in [6.07, 6.45) is 3.73. The molecule has 3 rings (SSSR count). The number of hydrogen-bond acceptors (Lipinski definition) is 4. The zero-order valence-corrected chi connectivity index (χ0v) is 14.9. The number of hydrogen-bond donors (Lipinski definition) is 1. The van der Waals surface area contributed by atoms with Crippen LogP contribution in [0.25, 0.3) is 0 Å². The average molecular weight is 347 g/mol. The minimum absolute atomic E-state index is 0.0605. The minimum atomic E-state index is -0.317. The largest absolute Gasteiger partial charge is 0.368 e. The van der Waals surface area contributed by atoms with Crippen molar-refractivity contribution >= 4 is 29.3 Å². The molecular formula is C18H25N3O2S. The zero-order chi connectivity index (χ0) is 17.1. The van der Waals surface area contributed by atoms with Crippen LogP contribution in [0.3, 0.4) is 0 Å². The normalized spacial score (nSPS) is 25.0. The fourth-order valence-corrected chi connectivity index (χ4v) is 4.62. The number of likely N-dealkylation sites (tertiary alicyclic amines) is 1. The summed E-state index contributed by atoms with van der Waals surface area (Å²) in [4.78, 5) is 29.6. The number of amides is 2. The summed E-state index contributed by atoms with van der Waals surface area (Å²) in [6, 6.07) is 7.77. The van der Waals surface area contributed by atoms with Crippen molar-refractivity contribution in [2.75, 3.05) is 24.5 Å². The van der Waals surface area contributed by atoms with Crippen molar-refractivity contribution in [2.24, 2.45) is 5.73 Å². The summed E-state index contributed by atoms with van der Waals surface area (Å²) >= 11 is 1.82. The Balaban J connectivity index is 1.78. The topological polar surface area (TPSA) is 66.6 Å². The van der Waals surface area contributed by atoms with Gasteiger partial charge in [0.15, 0.2) is 0 Å². The van der Waals surface area contributed by atoms with Crippen LogP contribution in [0, 0.1) is 0 Å². The van der Waals surface area contributed by atoms with Gasteiger partial charge in [-0.1, -0.05) is 25.5 Å². The van der Waals surface area contributed by atoms with Crippen molar-refractivity contribution in [2.45, 2.75) is 48.8 Å². The third-order valence-corrected chi connectivity index (χ3v) is 6.06. The first-order valence-electron chi connectivity index (χ1n) is 8.65. The molecule has 2 aliphatic heterocycles. The maximum absolute atomic E-state index is 13.0. The Morgan fingerprint density at radius 1 is 1.21 bits per heavy atom. The Morgan fingerprint density at radius 3 is 2.79 bits per heavy atom. The van der Waals surface area contributed by atoms with Crippen LogP contribution < -0.4 is 10.6 Å². The predicted molar refractivity (Wildman–Crippen MR) is 97.1 cm³/mol. The quantitative estimate of drug-likeness (QED) is 0.911. The van der Waals surface area contributed by atoms with Gasteiger partial charge >= 0.3 is 0 Å². The summed E-state index contributed by atoms with van der Waals surface area (Å²) < 4.78 is 0. The molecular weight excluding hydrogens is 322 g/mol. The molecule has 2 heterocycles. The molecule has 2 amide bonds. The van der Waals surface area contributed by atoms with Crippen LogP contribution >= 0.6 is 11.8 Å². The number of fused-ring (bicyclic) bond motifs is 1. The molecule has 0 saturated carbocycles. The highest BCUT2D eigenvalue weighted by Crippen LogP contribution is 2.37. The van der Waals surface area contributed by atoms with Crippen molar-refractivity contribution < 1.29 is 9.59 Å². The molecule has 6 heteroatoms. The van der Waals surface area contributed by atoms with Gasteiger partial charge in [-0.15, -0.1) is 11.8 Å². The van der Waals surface area contributed by atoms with Crippen LogP contribution in [-0.4, -0.2) is 47.6 Å². The Hall–Kier alpha value is -1.53. The van der Waals surface area contributed by atoms with Gasteiger partial charge in [-0.05, 0) is 37.9 Å². The van der Waals surface area contributed by atoms with Gasteiger partial charge in [-0.25, -0.2) is 0 Å². The summed E-state index contributed by atoms with van der Waals surface area (Å²) in [5, 5.41) is 0.484. The molecule has 5 nitrogen and oxygen atoms in total. The van der Waals surface area contributed by atoms with E-state index in [4.69, 9.17) is 5.73 Å². The number of nitrogens with zero attached hydrogens (tertiary/aromatic N) is 2. The highest BCUT2D eigenvalue weighted by Gasteiger charge is 2.31. The van der Waals surface area contributed by atoms with Gasteiger partial charge in [0, 0.05) is 16.7 Å². The molecule has 2 aliphatic rings. The molecule has 0 radical (unpaired) electrons. The van der Waals surface area contributed by atoms with Crippen molar-refractivity contribution in [1.29, 1.82) is 0 Å². The lowest BCUT2D eigenvalue weighted by Gasteiger charge is -2.34. The van der Waals surface area contributed by atoms with E-state index in [1.807, 2.05) is 39.8 Å². The number of primary amides is 1. The van der Waals surface area contributed by atoms with Gasteiger partial charge < -0.3 is 10.6 Å². The van der Waals surface area contributed by atoms with E-state index in [1.165, 1.54) is 0 Å². The van der Waals surface area contributed by atoms with Crippen LogP contribution in [0.4, 0.5) is 5.69 Å². The van der Waals surface area contributed by atoms with E-state index in [1.54, 1.807) is 0 Å². The summed E-state index contributed by atoms with van der Waals surface area (Å²) in [6.45, 7) is 3.95. The monoisotopic (exact) mass is 347 g/mol. The third-order valence-electron chi connectivity index (χ3n) is 4.82. The first kappa shape index (κ1) is 17.3. The molecule has 24 heavy (non-hydrogen) atoms. The molecule has 130 valence electrons. The lowest BCUT2D eigenvalue weighted by atomic mass is 10.0. The number of piperidine rings is 1. The van der Waals surface area contributed by atoms with Crippen molar-refractivity contribution in [3.05, 3.63) is 24.3 Å². The minimum Gasteiger partial charge on any atom is -0.368 e. The number of para-hydroxylation sites is 1. The van der Waals surface area contributed by atoms with E-state index >= 15 is 0 Å². The Bertz CT molecular complexity index is 622. The molecule has 1 saturated heterocycles. The molecule has 0 bridgehead atoms. The second kappa shape index (κ2) is 7.57. The molecule has 1 fully saturated rings. The Morgan fingerprint density at radius 2 is 2.00 bits per heavy atom. The molecule has 1 aromatic rings. The van der Waals surface area contributed by atoms with Crippen LogP contribution in [-0.2, 0) is 9.59 Å². The molecule has 0 unspecified atom stereocenters. The number of thioether (sulfide) groups is 1. The van der Waals surface area contributed by atoms with E-state index in [2.05, 4.69) is 13.0 Å². The molecule has 2 N–H and O–H groups in total. The second-order valence-electron chi connectivity index (χ2n) is 6.61. The van der Waals surface area contributed by atoms with Crippen LogP contribution in [0.1, 0.15) is 32.6 Å². The van der Waals surface area contributed by atoms with Gasteiger partial charge in [-0.2, -0.15) is 0 Å². The summed E-state index contributed by atoms with van der Waals surface area (Å²) in [5.74, 6) is -0.256. The SMILES string of the molecule is C[C@@H]1CCN(C(=O)CN2CCCC[C@H]2C(N)=O)c2ccccc2S1. The van der Waals surface area contributed by atoms with Gasteiger partial charge in [0.25, 0.3) is 0 Å². The standard InChI is InChI=1S/C18H25N3O2S/c1-13-9-11-21(14-6-2-3-8-16(14)24-13)17(22)12-20-10-5-4-7-15(20)18(19)23/h2-3,6,8,13,15H,4-5,7,9-12H2,1H3,(H2,19,23)/t13-,15+/m1/s1. The molecule has 0 aliphatic carbocycles. The number of rotatable bonds is 3. The van der Waals surface area contributed by atoms with E-state index in [9.17, 15) is 9.59 Å². The van der Waals surface area contributed by atoms with E-state index in [0.29, 0.717) is 5.25 Å². The van der Waals surface area contributed by atoms with Gasteiger partial charge in [0.05, 0.1) is 18.3 Å². The molecule has 1 aromatic carbocycles. The maximum atomic E-state index is 13.0. The molecule has 2 atom stereocenters. The van der Waals surface area contributed by atoms with Crippen LogP contribution in [0.15, 0.2) is 29.2 Å². The lowest BCUT2D eigenvalue weighted by molar-refractivity contribution is -0.127. The number of anilines is 1. The first-order chi connectivity index (χ1) is 11.6. The summed E-state index contributed by atoms with van der Waals surface area (Å²) in [7, 11) is 0. The van der Waals surface area contributed by atoms with E-state index in [-0.39, 0.29) is 24.4 Å². The van der Waals surface area contributed by atoms with Crippen molar-refractivity contribution in [3.8, 4) is 0 Å². The van der Waals surface area contributed by atoms with Gasteiger partial charge in [0.1, 0.15) is 0 Å². The van der Waals surface area contributed by atoms with Crippen molar-refractivity contribution in [3.63, 3.8) is 0 Å². The number of carbonyl (C=O) groups excluding carboxylic acids is 2. The highest BCUT2D eigenvalue weighted by molar-refractivity contribution is 8.00. The second-order valence-corrected chi connectivity index (χ2v) is 8.09. The van der Waals surface area contributed by atoms with Gasteiger partial charge in [-0.3, -0.25) is 14.5 Å². The third kappa shape index (κ3) is 3.75. The summed E-state index contributed by atoms with van der Waals surface area (Å²) in [5.41, 5.74) is 6.51. The number of benzene rings is 1. The predicted octanol–water partition coefficient (Wildman–Crippen LogP) is 2.24. The fourth-order valence-electron chi connectivity index (χ4n) is 3.51. The van der Waals surface area contributed by atoms with Crippen LogP contribution in [0.2, 0.25) is 0 Å². The van der Waals surface area contributed by atoms with Crippen molar-refractivity contribution in [1.82, 2.24) is 4.90 Å². The number of nitrogens with two attached hydrogens (primary N) is 1. The molecule has 0 spiro atoms. The van der Waals surface area contributed by atoms with Crippen LogP contribution in [0.5, 0.6) is 0 Å². The highest BCUT2D eigenvalue weighted by atomic mass is 32.2. The fraction of sp³-hybridized carbons (Fsp3) is 0.556. The average Bonchev–Trinajstić information content (AvgIpc) is 2.73. The Kier molecular flexibility index (Phi) is 5.46. The zero-order valence-electron chi connectivity index (χ0n) is 14.1.